The Bertz CT molecular complexity index is 842. The number of anilines is 1. The van der Waals surface area contributed by atoms with E-state index in [0.717, 1.165) is 18.0 Å². The van der Waals surface area contributed by atoms with Crippen LogP contribution < -0.4 is 10.2 Å². The predicted molar refractivity (Wildman–Crippen MR) is 99.0 cm³/mol. The lowest BCUT2D eigenvalue weighted by Crippen LogP contribution is -2.60. The Kier molecular flexibility index (Phi) is 6.04. The summed E-state index contributed by atoms with van der Waals surface area (Å²) >= 11 is 6.06. The molecule has 0 saturated carbocycles. The maximum absolute atomic E-state index is 12.8. The normalized spacial score (nSPS) is 14.9. The van der Waals surface area contributed by atoms with Crippen LogP contribution in [-0.4, -0.2) is 53.5 Å². The van der Waals surface area contributed by atoms with Gasteiger partial charge in [0.15, 0.2) is 0 Å². The van der Waals surface area contributed by atoms with Crippen molar-refractivity contribution in [2.45, 2.75) is 18.8 Å². The summed E-state index contributed by atoms with van der Waals surface area (Å²) in [4.78, 5) is 22.9. The van der Waals surface area contributed by atoms with E-state index < -0.39 is 11.9 Å². The third kappa shape index (κ3) is 4.90. The molecule has 0 spiro atoms. The van der Waals surface area contributed by atoms with E-state index in [2.05, 4.69) is 15.3 Å². The van der Waals surface area contributed by atoms with E-state index >= 15 is 0 Å². The van der Waals surface area contributed by atoms with E-state index in [1.54, 1.807) is 18.0 Å². The molecule has 1 N–H and O–H groups in total. The fourth-order valence-corrected chi connectivity index (χ4v) is 3.05. The van der Waals surface area contributed by atoms with E-state index in [-0.39, 0.29) is 24.3 Å². The molecule has 1 aliphatic heterocycles. The van der Waals surface area contributed by atoms with Crippen LogP contribution in [0.2, 0.25) is 5.02 Å². The Morgan fingerprint density at radius 3 is 2.71 bits per heavy atom. The molecule has 150 valence electrons. The molecule has 6 nitrogen and oxygen atoms in total. The van der Waals surface area contributed by atoms with Crippen LogP contribution in [0.25, 0.3) is 0 Å². The summed E-state index contributed by atoms with van der Waals surface area (Å²) in [5.74, 6) is 0.0809. The first-order chi connectivity index (χ1) is 13.2. The number of hydrogen-bond donors (Lipinski definition) is 1. The molecule has 1 aromatic carbocycles. The summed E-state index contributed by atoms with van der Waals surface area (Å²) in [6.45, 7) is 1.50. The lowest BCUT2D eigenvalue weighted by molar-refractivity contribution is -0.141. The van der Waals surface area contributed by atoms with E-state index in [1.807, 2.05) is 23.1 Å². The minimum Gasteiger partial charge on any atom is -0.353 e. The average molecular weight is 414 g/mol. The molecule has 0 aliphatic carbocycles. The molecule has 0 bridgehead atoms. The van der Waals surface area contributed by atoms with Gasteiger partial charge in [-0.3, -0.25) is 9.69 Å². The van der Waals surface area contributed by atoms with Gasteiger partial charge in [-0.25, -0.2) is 9.97 Å². The van der Waals surface area contributed by atoms with Crippen LogP contribution in [0.4, 0.5) is 19.0 Å². The molecule has 2 heterocycles. The zero-order valence-electron chi connectivity index (χ0n) is 15.1. The van der Waals surface area contributed by atoms with E-state index in [9.17, 15) is 18.0 Å². The van der Waals surface area contributed by atoms with Crippen molar-refractivity contribution in [3.63, 3.8) is 0 Å². The van der Waals surface area contributed by atoms with Crippen molar-refractivity contribution < 1.29 is 18.0 Å². The average Bonchev–Trinajstić information content (AvgIpc) is 2.59. The summed E-state index contributed by atoms with van der Waals surface area (Å²) in [5, 5.41) is 3.41. The van der Waals surface area contributed by atoms with Gasteiger partial charge in [-0.2, -0.15) is 13.2 Å². The number of carbonyl (C=O) groups is 1. The molecule has 1 aromatic heterocycles. The number of alkyl halides is 3. The first-order valence-electron chi connectivity index (χ1n) is 8.58. The standard InChI is InChI=1S/C18H19ClF3N5O/c1-26(10-17(28)23-7-12-4-2-3-5-14(12)19)13-8-27(9-13)16-6-15(18(20,21)22)24-11-25-16/h2-6,11,13H,7-10H2,1H3,(H,23,28). The molecule has 1 aliphatic rings. The Balaban J connectivity index is 1.47. The third-order valence-electron chi connectivity index (χ3n) is 4.58. The molecule has 28 heavy (non-hydrogen) atoms. The first-order valence-corrected chi connectivity index (χ1v) is 8.96. The number of nitrogens with one attached hydrogen (secondary N) is 1. The molecule has 0 atom stereocenters. The zero-order valence-corrected chi connectivity index (χ0v) is 15.8. The number of halogens is 4. The van der Waals surface area contributed by atoms with Crippen molar-refractivity contribution >= 4 is 23.3 Å². The van der Waals surface area contributed by atoms with Crippen LogP contribution >= 0.6 is 11.6 Å². The summed E-state index contributed by atoms with van der Waals surface area (Å²) in [6.07, 6.45) is -3.59. The SMILES string of the molecule is CN(CC(=O)NCc1ccccc1Cl)C1CN(c2cc(C(F)(F)F)ncn2)C1. The van der Waals surface area contributed by atoms with Gasteiger partial charge in [-0.15, -0.1) is 0 Å². The molecule has 1 amide bonds. The molecular formula is C18H19ClF3N5O. The van der Waals surface area contributed by atoms with Gasteiger partial charge in [0.25, 0.3) is 0 Å². The van der Waals surface area contributed by atoms with Gasteiger partial charge >= 0.3 is 6.18 Å². The third-order valence-corrected chi connectivity index (χ3v) is 4.95. The Hall–Kier alpha value is -2.39. The number of benzene rings is 1. The molecule has 2 aromatic rings. The van der Waals surface area contributed by atoms with Crippen molar-refractivity contribution in [2.24, 2.45) is 0 Å². The number of nitrogens with zero attached hydrogens (tertiary/aromatic N) is 4. The monoisotopic (exact) mass is 413 g/mol. The molecule has 3 rings (SSSR count). The predicted octanol–water partition coefficient (Wildman–Crippen LogP) is 2.59. The van der Waals surface area contributed by atoms with Gasteiger partial charge in [-0.1, -0.05) is 29.8 Å². The summed E-state index contributed by atoms with van der Waals surface area (Å²) in [6, 6.07) is 8.25. The van der Waals surface area contributed by atoms with Crippen LogP contribution in [0.1, 0.15) is 11.3 Å². The van der Waals surface area contributed by atoms with Gasteiger partial charge in [0.1, 0.15) is 17.8 Å². The minimum absolute atomic E-state index is 0.0513. The quantitative estimate of drug-likeness (QED) is 0.788. The van der Waals surface area contributed by atoms with Crippen molar-refractivity contribution in [3.8, 4) is 0 Å². The topological polar surface area (TPSA) is 61.4 Å². The minimum atomic E-state index is -4.50. The summed E-state index contributed by atoms with van der Waals surface area (Å²) in [5.41, 5.74) is -0.132. The molecule has 10 heteroatoms. The van der Waals surface area contributed by atoms with Crippen LogP contribution in [0.15, 0.2) is 36.7 Å². The molecule has 1 saturated heterocycles. The molecule has 0 unspecified atom stereocenters. The number of likely N-dealkylation sites (N-methyl/N-ethyl adjacent to an activating group) is 1. The Morgan fingerprint density at radius 1 is 1.32 bits per heavy atom. The van der Waals surface area contributed by atoms with Crippen LogP contribution in [0.5, 0.6) is 0 Å². The second kappa shape index (κ2) is 8.32. The molecule has 1 fully saturated rings. The van der Waals surface area contributed by atoms with Crippen molar-refractivity contribution in [1.82, 2.24) is 20.2 Å². The maximum Gasteiger partial charge on any atom is 0.433 e. The highest BCUT2D eigenvalue weighted by atomic mass is 35.5. The van der Waals surface area contributed by atoms with Crippen molar-refractivity contribution in [3.05, 3.63) is 52.9 Å². The number of amides is 1. The van der Waals surface area contributed by atoms with Gasteiger partial charge in [-0.05, 0) is 18.7 Å². The van der Waals surface area contributed by atoms with E-state index in [0.29, 0.717) is 24.7 Å². The number of rotatable bonds is 6. The number of hydrogen-bond acceptors (Lipinski definition) is 5. The fourth-order valence-electron chi connectivity index (χ4n) is 2.84. The highest BCUT2D eigenvalue weighted by molar-refractivity contribution is 6.31. The first kappa shape index (κ1) is 20.3. The fraction of sp³-hybridized carbons (Fsp3) is 0.389. The molecular weight excluding hydrogens is 395 g/mol. The van der Waals surface area contributed by atoms with Crippen LogP contribution in [0.3, 0.4) is 0 Å². The summed E-state index contributed by atoms with van der Waals surface area (Å²) in [7, 11) is 1.80. The zero-order chi connectivity index (χ0) is 20.3. The number of carbonyl (C=O) groups excluding carboxylic acids is 1. The van der Waals surface area contributed by atoms with E-state index in [4.69, 9.17) is 11.6 Å². The lowest BCUT2D eigenvalue weighted by Gasteiger charge is -2.44. The Labute approximate surface area is 165 Å². The second-order valence-corrected chi connectivity index (χ2v) is 7.01. The number of aromatic nitrogens is 2. The van der Waals surface area contributed by atoms with Gasteiger partial charge < -0.3 is 10.2 Å². The van der Waals surface area contributed by atoms with Gasteiger partial charge in [0.2, 0.25) is 5.91 Å². The largest absolute Gasteiger partial charge is 0.433 e. The summed E-state index contributed by atoms with van der Waals surface area (Å²) < 4.78 is 38.3. The van der Waals surface area contributed by atoms with Crippen molar-refractivity contribution in [2.75, 3.05) is 31.6 Å². The van der Waals surface area contributed by atoms with Gasteiger partial charge in [0.05, 0.1) is 6.54 Å². The lowest BCUT2D eigenvalue weighted by atomic mass is 10.1. The van der Waals surface area contributed by atoms with Crippen LogP contribution in [-0.2, 0) is 17.5 Å². The smallest absolute Gasteiger partial charge is 0.353 e. The molecule has 0 radical (unpaired) electrons. The van der Waals surface area contributed by atoms with Crippen LogP contribution in [0, 0.1) is 0 Å². The highest BCUT2D eigenvalue weighted by Gasteiger charge is 2.36. The maximum atomic E-state index is 12.8. The van der Waals surface area contributed by atoms with Gasteiger partial charge in [0, 0.05) is 36.8 Å². The Morgan fingerprint density at radius 2 is 2.04 bits per heavy atom. The van der Waals surface area contributed by atoms with Crippen molar-refractivity contribution in [1.29, 1.82) is 0 Å². The second-order valence-electron chi connectivity index (χ2n) is 6.60. The highest BCUT2D eigenvalue weighted by Crippen LogP contribution is 2.30. The van der Waals surface area contributed by atoms with E-state index in [1.165, 1.54) is 0 Å².